The first-order chi connectivity index (χ1) is 6.81. The van der Waals surface area contributed by atoms with Gasteiger partial charge in [-0.2, -0.15) is 0 Å². The Morgan fingerprint density at radius 2 is 2.21 bits per heavy atom. The Hall–Kier alpha value is -0.530. The Morgan fingerprint density at radius 1 is 1.43 bits per heavy atom. The maximum atomic E-state index is 6.00. The van der Waals surface area contributed by atoms with Crippen molar-refractivity contribution in [2.45, 2.75) is 32.2 Å². The smallest absolute Gasteiger partial charge is 0.0409 e. The highest BCUT2D eigenvalue weighted by atomic mass is 35.5. The Bertz CT molecular complexity index is 318. The molecule has 1 aliphatic carbocycles. The van der Waals surface area contributed by atoms with Crippen molar-refractivity contribution in [1.29, 1.82) is 0 Å². The third kappa shape index (κ3) is 2.28. The molecule has 14 heavy (non-hydrogen) atoms. The van der Waals surface area contributed by atoms with Crippen LogP contribution in [-0.2, 0) is 6.54 Å². The molecule has 1 fully saturated rings. The molecule has 1 saturated carbocycles. The minimum Gasteiger partial charge on any atom is -0.313 e. The van der Waals surface area contributed by atoms with Crippen molar-refractivity contribution < 1.29 is 0 Å². The van der Waals surface area contributed by atoms with E-state index in [9.17, 15) is 0 Å². The summed E-state index contributed by atoms with van der Waals surface area (Å²) < 4.78 is 0. The van der Waals surface area contributed by atoms with Crippen LogP contribution in [0.2, 0.25) is 5.02 Å². The summed E-state index contributed by atoms with van der Waals surface area (Å²) in [6.07, 6.45) is 2.67. The lowest BCUT2D eigenvalue weighted by Crippen LogP contribution is -2.13. The summed E-state index contributed by atoms with van der Waals surface area (Å²) in [5.41, 5.74) is 2.87. The summed E-state index contributed by atoms with van der Waals surface area (Å²) >= 11 is 6.00. The molecule has 0 radical (unpaired) electrons. The number of hydrogen-bond donors (Lipinski definition) is 1. The molecule has 0 heterocycles. The third-order valence-corrected chi connectivity index (χ3v) is 2.93. The van der Waals surface area contributed by atoms with E-state index in [-0.39, 0.29) is 0 Å². The molecule has 1 nitrogen and oxygen atoms in total. The van der Waals surface area contributed by atoms with Crippen LogP contribution >= 0.6 is 11.6 Å². The third-order valence-electron chi connectivity index (χ3n) is 2.69. The van der Waals surface area contributed by atoms with Crippen LogP contribution in [0.3, 0.4) is 0 Å². The van der Waals surface area contributed by atoms with Crippen LogP contribution < -0.4 is 5.32 Å². The Kier molecular flexibility index (Phi) is 3.09. The first-order valence-electron chi connectivity index (χ1n) is 5.30. The number of benzene rings is 1. The van der Waals surface area contributed by atoms with Crippen LogP contribution in [-0.4, -0.2) is 6.54 Å². The van der Waals surface area contributed by atoms with Crippen LogP contribution in [0, 0.1) is 0 Å². The summed E-state index contributed by atoms with van der Waals surface area (Å²) in [5.74, 6) is 0.780. The van der Waals surface area contributed by atoms with Crippen LogP contribution in [0.15, 0.2) is 18.2 Å². The minimum absolute atomic E-state index is 0.780. The van der Waals surface area contributed by atoms with E-state index in [1.54, 1.807) is 0 Å². The fourth-order valence-electron chi connectivity index (χ4n) is 1.76. The van der Waals surface area contributed by atoms with E-state index in [2.05, 4.69) is 24.4 Å². The zero-order valence-corrected chi connectivity index (χ0v) is 9.27. The van der Waals surface area contributed by atoms with Gasteiger partial charge in [-0.25, -0.2) is 0 Å². The Balaban J connectivity index is 2.19. The normalized spacial score (nSPS) is 15.9. The molecule has 0 bridgehead atoms. The highest BCUT2D eigenvalue weighted by Crippen LogP contribution is 2.42. The molecule has 0 aliphatic heterocycles. The maximum Gasteiger partial charge on any atom is 0.0409 e. The predicted molar refractivity (Wildman–Crippen MR) is 60.8 cm³/mol. The molecule has 1 aromatic carbocycles. The molecule has 0 atom stereocenters. The van der Waals surface area contributed by atoms with E-state index in [0.29, 0.717) is 0 Å². The molecular weight excluding hydrogens is 194 g/mol. The fraction of sp³-hybridized carbons (Fsp3) is 0.500. The van der Waals surface area contributed by atoms with Crippen molar-refractivity contribution in [3.05, 3.63) is 34.3 Å². The van der Waals surface area contributed by atoms with Gasteiger partial charge in [-0.1, -0.05) is 24.6 Å². The molecule has 0 aromatic heterocycles. The van der Waals surface area contributed by atoms with E-state index in [4.69, 9.17) is 11.6 Å². The molecule has 0 amide bonds. The van der Waals surface area contributed by atoms with E-state index in [0.717, 1.165) is 24.0 Å². The second-order valence-electron chi connectivity index (χ2n) is 3.90. The van der Waals surface area contributed by atoms with Gasteiger partial charge in [-0.15, -0.1) is 0 Å². The van der Waals surface area contributed by atoms with Gasteiger partial charge in [-0.05, 0) is 48.6 Å². The van der Waals surface area contributed by atoms with Crippen molar-refractivity contribution in [3.8, 4) is 0 Å². The van der Waals surface area contributed by atoms with Crippen molar-refractivity contribution in [2.24, 2.45) is 0 Å². The monoisotopic (exact) mass is 209 g/mol. The summed E-state index contributed by atoms with van der Waals surface area (Å²) in [6.45, 7) is 4.12. The van der Waals surface area contributed by atoms with Gasteiger partial charge in [0.05, 0.1) is 0 Å². The van der Waals surface area contributed by atoms with Gasteiger partial charge in [0.1, 0.15) is 0 Å². The summed E-state index contributed by atoms with van der Waals surface area (Å²) in [4.78, 5) is 0. The van der Waals surface area contributed by atoms with Gasteiger partial charge >= 0.3 is 0 Å². The number of rotatable bonds is 4. The Morgan fingerprint density at radius 3 is 2.86 bits per heavy atom. The van der Waals surface area contributed by atoms with Gasteiger partial charge in [-0.3, -0.25) is 0 Å². The van der Waals surface area contributed by atoms with Crippen LogP contribution in [0.4, 0.5) is 0 Å². The number of hydrogen-bond acceptors (Lipinski definition) is 1. The van der Waals surface area contributed by atoms with E-state index >= 15 is 0 Å². The second kappa shape index (κ2) is 4.33. The van der Waals surface area contributed by atoms with Gasteiger partial charge in [0, 0.05) is 11.6 Å². The first kappa shape index (κ1) is 10.0. The van der Waals surface area contributed by atoms with Crippen molar-refractivity contribution in [2.75, 3.05) is 6.54 Å². The zero-order chi connectivity index (χ0) is 9.97. The maximum absolute atomic E-state index is 6.00. The SMILES string of the molecule is CCNCc1ccc(Cl)cc1C1CC1. The average Bonchev–Trinajstić information content (AvgIpc) is 2.99. The molecule has 1 N–H and O–H groups in total. The fourth-order valence-corrected chi connectivity index (χ4v) is 1.94. The molecule has 1 aliphatic rings. The standard InChI is InChI=1S/C12H16ClN/c1-2-14-8-10-5-6-11(13)7-12(10)9-3-4-9/h5-7,9,14H,2-4,8H2,1H3. The predicted octanol–water partition coefficient (Wildman–Crippen LogP) is 3.33. The topological polar surface area (TPSA) is 12.0 Å². The lowest BCUT2D eigenvalue weighted by Gasteiger charge is -2.09. The lowest BCUT2D eigenvalue weighted by molar-refractivity contribution is 0.720. The first-order valence-corrected chi connectivity index (χ1v) is 5.68. The molecular formula is C12H16ClN. The van der Waals surface area contributed by atoms with Gasteiger partial charge in [0.2, 0.25) is 0 Å². The second-order valence-corrected chi connectivity index (χ2v) is 4.33. The molecule has 2 heteroatoms. The minimum atomic E-state index is 0.780. The molecule has 1 aromatic rings. The molecule has 76 valence electrons. The molecule has 2 rings (SSSR count). The quantitative estimate of drug-likeness (QED) is 0.802. The van der Waals surface area contributed by atoms with Crippen LogP contribution in [0.1, 0.15) is 36.8 Å². The molecule has 0 spiro atoms. The number of halogens is 1. The summed E-state index contributed by atoms with van der Waals surface area (Å²) in [5, 5.41) is 4.23. The van der Waals surface area contributed by atoms with E-state index in [1.807, 2.05) is 6.07 Å². The zero-order valence-electron chi connectivity index (χ0n) is 8.52. The van der Waals surface area contributed by atoms with E-state index < -0.39 is 0 Å². The highest BCUT2D eigenvalue weighted by Gasteiger charge is 2.25. The molecule has 0 unspecified atom stereocenters. The van der Waals surface area contributed by atoms with Crippen LogP contribution in [0.25, 0.3) is 0 Å². The lowest BCUT2D eigenvalue weighted by atomic mass is 10.0. The van der Waals surface area contributed by atoms with Crippen molar-refractivity contribution in [3.63, 3.8) is 0 Å². The summed E-state index contributed by atoms with van der Waals surface area (Å²) in [6, 6.07) is 6.27. The largest absolute Gasteiger partial charge is 0.313 e. The van der Waals surface area contributed by atoms with Gasteiger partial charge in [0.15, 0.2) is 0 Å². The van der Waals surface area contributed by atoms with Gasteiger partial charge in [0.25, 0.3) is 0 Å². The van der Waals surface area contributed by atoms with Crippen LogP contribution in [0.5, 0.6) is 0 Å². The average molecular weight is 210 g/mol. The Labute approximate surface area is 90.5 Å². The molecule has 0 saturated heterocycles. The van der Waals surface area contributed by atoms with E-state index in [1.165, 1.54) is 24.0 Å². The summed E-state index contributed by atoms with van der Waals surface area (Å²) in [7, 11) is 0. The van der Waals surface area contributed by atoms with Crippen molar-refractivity contribution >= 4 is 11.6 Å². The van der Waals surface area contributed by atoms with Gasteiger partial charge < -0.3 is 5.32 Å². The number of nitrogens with one attached hydrogen (secondary N) is 1. The van der Waals surface area contributed by atoms with Crippen molar-refractivity contribution in [1.82, 2.24) is 5.32 Å². The highest BCUT2D eigenvalue weighted by molar-refractivity contribution is 6.30.